The monoisotopic (exact) mass is 561 g/mol. The average Bonchev–Trinajstić information content (AvgIpc) is 2.82. The second-order valence-electron chi connectivity index (χ2n) is 8.01. The van der Waals surface area contributed by atoms with E-state index >= 15 is 0 Å². The van der Waals surface area contributed by atoms with Crippen molar-refractivity contribution in [1.82, 2.24) is 9.80 Å². The summed E-state index contributed by atoms with van der Waals surface area (Å²) in [6.45, 7) is 4.54. The normalized spacial score (nSPS) is 10.6. The maximum atomic E-state index is 12.0. The van der Waals surface area contributed by atoms with Crippen LogP contribution >= 0.6 is 11.6 Å². The number of carbonyl (C=O) groups excluding carboxylic acids is 1. The quantitative estimate of drug-likeness (QED) is 0.157. The van der Waals surface area contributed by atoms with Crippen LogP contribution in [0.15, 0.2) is 18.2 Å². The number of carboxylic acid groups (broad SMARTS) is 4. The second kappa shape index (κ2) is 18.9. The lowest BCUT2D eigenvalue weighted by atomic mass is 10.0. The molecule has 1 amide bonds. The van der Waals surface area contributed by atoms with Gasteiger partial charge in [-0.1, -0.05) is 25.1 Å². The van der Waals surface area contributed by atoms with E-state index in [1.807, 2.05) is 32.0 Å². The molecule has 14 heteroatoms. The lowest BCUT2D eigenvalue weighted by Gasteiger charge is -2.25. The SMILES string of the molecule is CCOCN(C(=O)CCl)c1c(C)cccc1CC.O=C(O)CN(CCN(CC(=O)O)CC(=O)O)CC(=O)O. The zero-order chi connectivity index (χ0) is 29.3. The molecule has 38 heavy (non-hydrogen) atoms. The van der Waals surface area contributed by atoms with Crippen LogP contribution in [0.25, 0.3) is 0 Å². The molecule has 0 aliphatic heterocycles. The molecule has 0 atom stereocenters. The van der Waals surface area contributed by atoms with Gasteiger partial charge in [0.05, 0.1) is 31.9 Å². The molecule has 0 saturated heterocycles. The molecule has 0 spiro atoms. The van der Waals surface area contributed by atoms with Gasteiger partial charge in [-0.15, -0.1) is 11.6 Å². The van der Waals surface area contributed by atoms with Gasteiger partial charge < -0.3 is 25.2 Å². The van der Waals surface area contributed by atoms with Crippen molar-refractivity contribution in [1.29, 1.82) is 0 Å². The Morgan fingerprint density at radius 1 is 0.816 bits per heavy atom. The van der Waals surface area contributed by atoms with Gasteiger partial charge in [0, 0.05) is 19.7 Å². The van der Waals surface area contributed by atoms with Crippen LogP contribution in [-0.4, -0.2) is 118 Å². The summed E-state index contributed by atoms with van der Waals surface area (Å²) in [5.74, 6) is -5.08. The highest BCUT2D eigenvalue weighted by Gasteiger charge is 2.20. The number of carbonyl (C=O) groups is 5. The van der Waals surface area contributed by atoms with E-state index in [0.29, 0.717) is 6.61 Å². The van der Waals surface area contributed by atoms with Crippen LogP contribution in [0.1, 0.15) is 25.0 Å². The number of amides is 1. The summed E-state index contributed by atoms with van der Waals surface area (Å²) in [4.78, 5) is 57.9. The highest BCUT2D eigenvalue weighted by atomic mass is 35.5. The third-order valence-corrected chi connectivity index (χ3v) is 5.21. The number of hydrogen-bond acceptors (Lipinski definition) is 8. The van der Waals surface area contributed by atoms with Crippen LogP contribution < -0.4 is 4.90 Å². The minimum atomic E-state index is -1.23. The van der Waals surface area contributed by atoms with E-state index < -0.39 is 50.1 Å². The predicted molar refractivity (Wildman–Crippen MR) is 139 cm³/mol. The fraction of sp³-hybridized carbons (Fsp3) is 0.542. The van der Waals surface area contributed by atoms with Gasteiger partial charge >= 0.3 is 23.9 Å². The second-order valence-corrected chi connectivity index (χ2v) is 8.28. The van der Waals surface area contributed by atoms with Crippen molar-refractivity contribution >= 4 is 47.1 Å². The number of benzene rings is 1. The Morgan fingerprint density at radius 3 is 1.61 bits per heavy atom. The molecule has 13 nitrogen and oxygen atoms in total. The van der Waals surface area contributed by atoms with Crippen molar-refractivity contribution < 1.29 is 49.1 Å². The Kier molecular flexibility index (Phi) is 17.3. The minimum absolute atomic E-state index is 0.0371. The van der Waals surface area contributed by atoms with Gasteiger partial charge in [0.25, 0.3) is 0 Å². The molecule has 0 heterocycles. The van der Waals surface area contributed by atoms with E-state index in [-0.39, 0.29) is 31.6 Å². The first-order valence-electron chi connectivity index (χ1n) is 11.7. The number of aryl methyl sites for hydroxylation is 2. The number of anilines is 1. The first-order chi connectivity index (χ1) is 17.9. The molecule has 0 bridgehead atoms. The molecule has 214 valence electrons. The maximum absolute atomic E-state index is 12.0. The summed E-state index contributed by atoms with van der Waals surface area (Å²) in [6, 6.07) is 6.03. The third-order valence-electron chi connectivity index (χ3n) is 4.98. The summed E-state index contributed by atoms with van der Waals surface area (Å²) in [6.07, 6.45) is 0.870. The van der Waals surface area contributed by atoms with Crippen LogP contribution in [0, 0.1) is 6.92 Å². The fourth-order valence-corrected chi connectivity index (χ4v) is 3.53. The molecule has 0 unspecified atom stereocenters. The van der Waals surface area contributed by atoms with Crippen molar-refractivity contribution in [2.24, 2.45) is 0 Å². The van der Waals surface area contributed by atoms with E-state index in [9.17, 15) is 24.0 Å². The maximum Gasteiger partial charge on any atom is 0.317 e. The Labute approximate surface area is 226 Å². The van der Waals surface area contributed by atoms with Crippen LogP contribution in [0.2, 0.25) is 0 Å². The highest BCUT2D eigenvalue weighted by Crippen LogP contribution is 2.26. The predicted octanol–water partition coefficient (Wildman–Crippen LogP) is 1.05. The van der Waals surface area contributed by atoms with Crippen molar-refractivity contribution in [3.63, 3.8) is 0 Å². The molecule has 0 aliphatic rings. The van der Waals surface area contributed by atoms with E-state index in [0.717, 1.165) is 33.0 Å². The van der Waals surface area contributed by atoms with Crippen LogP contribution in [0.5, 0.6) is 0 Å². The van der Waals surface area contributed by atoms with Crippen LogP contribution in [0.4, 0.5) is 5.69 Å². The number of ether oxygens (including phenoxy) is 1. The van der Waals surface area contributed by atoms with Gasteiger partial charge in [-0.05, 0) is 31.4 Å². The van der Waals surface area contributed by atoms with Crippen molar-refractivity contribution in [2.45, 2.75) is 27.2 Å². The Morgan fingerprint density at radius 2 is 1.26 bits per heavy atom. The number of halogens is 1. The van der Waals surface area contributed by atoms with Gasteiger partial charge in [0.15, 0.2) is 0 Å². The van der Waals surface area contributed by atoms with Gasteiger partial charge in [0.1, 0.15) is 12.6 Å². The molecular weight excluding hydrogens is 526 g/mol. The molecule has 0 fully saturated rings. The molecule has 1 rings (SSSR count). The highest BCUT2D eigenvalue weighted by molar-refractivity contribution is 6.29. The number of hydrogen-bond donors (Lipinski definition) is 4. The van der Waals surface area contributed by atoms with E-state index in [4.69, 9.17) is 36.8 Å². The first kappa shape index (κ1) is 34.7. The minimum Gasteiger partial charge on any atom is -0.480 e. The molecule has 1 aromatic rings. The number of carboxylic acids is 4. The van der Waals surface area contributed by atoms with Crippen molar-refractivity contribution in [3.8, 4) is 0 Å². The first-order valence-corrected chi connectivity index (χ1v) is 12.2. The van der Waals surface area contributed by atoms with E-state index in [1.165, 1.54) is 0 Å². The number of para-hydroxylation sites is 1. The smallest absolute Gasteiger partial charge is 0.317 e. The summed E-state index contributed by atoms with van der Waals surface area (Å²) in [5.41, 5.74) is 3.12. The number of alkyl halides is 1. The topological polar surface area (TPSA) is 185 Å². The fourth-order valence-electron chi connectivity index (χ4n) is 3.38. The van der Waals surface area contributed by atoms with Gasteiger partial charge in [-0.3, -0.25) is 38.7 Å². The van der Waals surface area contributed by atoms with Crippen LogP contribution in [-0.2, 0) is 35.1 Å². The molecule has 0 radical (unpaired) electrons. The van der Waals surface area contributed by atoms with Gasteiger partial charge in [0.2, 0.25) is 5.91 Å². The largest absolute Gasteiger partial charge is 0.480 e. The average molecular weight is 562 g/mol. The summed E-state index contributed by atoms with van der Waals surface area (Å²) in [7, 11) is 0. The summed E-state index contributed by atoms with van der Waals surface area (Å²) in [5, 5.41) is 34.5. The lowest BCUT2D eigenvalue weighted by molar-refractivity contribution is -0.145. The number of nitrogens with zero attached hydrogens (tertiary/aromatic N) is 3. The van der Waals surface area contributed by atoms with Crippen molar-refractivity contribution in [3.05, 3.63) is 29.3 Å². The standard InChI is InChI=1S/C14H20ClNO2.C10H16N2O8/c1-4-12-8-6-7-11(3)14(12)16(10-18-5-2)13(17)9-15;13-7(14)3-11(4-8(15)16)1-2-12(5-9(17)18)6-10(19)20/h6-8H,4-5,9-10H2,1-3H3;1-6H2,(H,13,14)(H,15,16)(H,17,18)(H,19,20). The Bertz CT molecular complexity index is 876. The molecule has 0 aromatic heterocycles. The summed E-state index contributed by atoms with van der Waals surface area (Å²) >= 11 is 5.68. The molecule has 0 aliphatic carbocycles. The van der Waals surface area contributed by atoms with Gasteiger partial charge in [-0.25, -0.2) is 0 Å². The van der Waals surface area contributed by atoms with E-state index in [1.54, 1.807) is 4.90 Å². The molecular formula is C24H36ClN3O10. The Hall–Kier alpha value is -3.26. The third kappa shape index (κ3) is 14.5. The molecule has 0 saturated carbocycles. The van der Waals surface area contributed by atoms with Gasteiger partial charge in [-0.2, -0.15) is 0 Å². The zero-order valence-corrected chi connectivity index (χ0v) is 22.5. The van der Waals surface area contributed by atoms with Crippen LogP contribution in [0.3, 0.4) is 0 Å². The van der Waals surface area contributed by atoms with E-state index in [2.05, 4.69) is 6.92 Å². The summed E-state index contributed by atoms with van der Waals surface area (Å²) < 4.78 is 5.37. The Balaban J connectivity index is 0.000000724. The molecule has 1 aromatic carbocycles. The number of rotatable bonds is 17. The zero-order valence-electron chi connectivity index (χ0n) is 21.8. The van der Waals surface area contributed by atoms with Crippen molar-refractivity contribution in [2.75, 3.05) is 63.4 Å². The lowest BCUT2D eigenvalue weighted by Crippen LogP contribution is -2.43. The number of aliphatic carboxylic acids is 4. The molecule has 4 N–H and O–H groups in total.